The maximum absolute atomic E-state index is 14.3. The molecule has 200 valence electrons. The van der Waals surface area contributed by atoms with Gasteiger partial charge in [-0.15, -0.1) is 5.10 Å². The molecule has 2 heterocycles. The third-order valence-electron chi connectivity index (χ3n) is 7.21. The van der Waals surface area contributed by atoms with E-state index in [9.17, 15) is 9.65 Å². The van der Waals surface area contributed by atoms with Crippen molar-refractivity contribution in [3.05, 3.63) is 112 Å². The van der Waals surface area contributed by atoms with Gasteiger partial charge in [0.05, 0.1) is 46.1 Å². The van der Waals surface area contributed by atoms with Crippen LogP contribution in [0.15, 0.2) is 79.1 Å². The van der Waals surface area contributed by atoms with Gasteiger partial charge in [-0.25, -0.2) is 9.07 Å². The number of fused-ring (bicyclic) bond motifs is 1. The Hall–Kier alpha value is -4.48. The van der Waals surface area contributed by atoms with Crippen LogP contribution < -0.4 is 10.6 Å². The Balaban J connectivity index is 1.43. The Labute approximate surface area is 236 Å². The van der Waals surface area contributed by atoms with E-state index in [0.29, 0.717) is 50.2 Å². The first-order valence-corrected chi connectivity index (χ1v) is 13.7. The normalized spacial score (nSPS) is 14.4. The highest BCUT2D eigenvalue weighted by Crippen LogP contribution is 2.38. The lowest BCUT2D eigenvalue weighted by Crippen LogP contribution is -2.14. The second-order valence-corrected chi connectivity index (χ2v) is 10.4. The van der Waals surface area contributed by atoms with E-state index in [0.717, 1.165) is 24.8 Å². The highest BCUT2D eigenvalue weighted by molar-refractivity contribution is 6.35. The van der Waals surface area contributed by atoms with Crippen molar-refractivity contribution in [2.75, 3.05) is 10.6 Å². The molecule has 2 N–H and O–H groups in total. The molecule has 0 radical (unpaired) electrons. The average Bonchev–Trinajstić information content (AvgIpc) is 3.71. The third-order valence-corrected chi connectivity index (χ3v) is 7.50. The first-order chi connectivity index (χ1) is 19.5. The van der Waals surface area contributed by atoms with Crippen molar-refractivity contribution in [3.8, 4) is 6.07 Å². The molecule has 5 aromatic rings. The summed E-state index contributed by atoms with van der Waals surface area (Å²) in [5, 5.41) is 26.9. The minimum absolute atomic E-state index is 0.0215. The van der Waals surface area contributed by atoms with Gasteiger partial charge in [0, 0.05) is 17.3 Å². The Morgan fingerprint density at radius 3 is 2.60 bits per heavy atom. The smallest absolute Gasteiger partial charge is 0.123 e. The highest BCUT2D eigenvalue weighted by Gasteiger charge is 2.27. The molecular formula is C31H27ClFN7. The second kappa shape index (κ2) is 10.9. The zero-order valence-electron chi connectivity index (χ0n) is 21.9. The van der Waals surface area contributed by atoms with Gasteiger partial charge in [0.25, 0.3) is 0 Å². The number of hydrogen-bond donors (Lipinski definition) is 2. The van der Waals surface area contributed by atoms with Crippen LogP contribution in [0, 0.1) is 17.1 Å². The molecule has 0 spiro atoms. The van der Waals surface area contributed by atoms with Crippen molar-refractivity contribution in [2.24, 2.45) is 0 Å². The summed E-state index contributed by atoms with van der Waals surface area (Å²) in [6.45, 7) is 2.10. The van der Waals surface area contributed by atoms with Crippen LogP contribution in [-0.2, 0) is 0 Å². The molecule has 0 unspecified atom stereocenters. The van der Waals surface area contributed by atoms with Crippen molar-refractivity contribution < 1.29 is 4.39 Å². The fourth-order valence-electron chi connectivity index (χ4n) is 4.98. The Bertz CT molecular complexity index is 1710. The Morgan fingerprint density at radius 1 is 1.07 bits per heavy atom. The van der Waals surface area contributed by atoms with Gasteiger partial charge in [-0.1, -0.05) is 66.2 Å². The summed E-state index contributed by atoms with van der Waals surface area (Å²) in [6.07, 6.45) is 6.42. The molecule has 0 aliphatic heterocycles. The van der Waals surface area contributed by atoms with Gasteiger partial charge in [0.2, 0.25) is 0 Å². The third kappa shape index (κ3) is 5.21. The largest absolute Gasteiger partial charge is 0.377 e. The van der Waals surface area contributed by atoms with Gasteiger partial charge in [0.1, 0.15) is 17.6 Å². The number of benzene rings is 3. The molecule has 1 aliphatic carbocycles. The Kier molecular flexibility index (Phi) is 7.06. The molecule has 0 saturated heterocycles. The summed E-state index contributed by atoms with van der Waals surface area (Å²) in [6, 6.07) is 22.4. The highest BCUT2D eigenvalue weighted by atomic mass is 35.5. The first kappa shape index (κ1) is 25.8. The molecule has 3 aromatic carbocycles. The number of nitrogens with one attached hydrogen (secondary N) is 2. The molecule has 0 amide bonds. The summed E-state index contributed by atoms with van der Waals surface area (Å²) in [5.41, 5.74) is 4.84. The molecule has 1 aliphatic rings. The maximum Gasteiger partial charge on any atom is 0.123 e. The molecule has 2 atom stereocenters. The molecule has 9 heteroatoms. The lowest BCUT2D eigenvalue weighted by atomic mass is 10.0. The van der Waals surface area contributed by atoms with E-state index in [2.05, 4.69) is 51.1 Å². The van der Waals surface area contributed by atoms with Crippen molar-refractivity contribution in [1.29, 1.82) is 5.26 Å². The van der Waals surface area contributed by atoms with Crippen LogP contribution in [0.5, 0.6) is 0 Å². The van der Waals surface area contributed by atoms with Crippen LogP contribution in [-0.4, -0.2) is 20.0 Å². The van der Waals surface area contributed by atoms with Gasteiger partial charge >= 0.3 is 0 Å². The minimum Gasteiger partial charge on any atom is -0.377 e. The van der Waals surface area contributed by atoms with Crippen LogP contribution in [0.4, 0.5) is 15.8 Å². The number of rotatable bonds is 9. The maximum atomic E-state index is 14.3. The summed E-state index contributed by atoms with van der Waals surface area (Å²) >= 11 is 6.77. The average molecular weight is 552 g/mol. The summed E-state index contributed by atoms with van der Waals surface area (Å²) in [4.78, 5) is 4.50. The van der Waals surface area contributed by atoms with Gasteiger partial charge in [-0.05, 0) is 54.7 Å². The van der Waals surface area contributed by atoms with Crippen LogP contribution >= 0.6 is 11.6 Å². The van der Waals surface area contributed by atoms with Crippen LogP contribution in [0.1, 0.15) is 66.7 Å². The van der Waals surface area contributed by atoms with Crippen molar-refractivity contribution in [3.63, 3.8) is 0 Å². The summed E-state index contributed by atoms with van der Waals surface area (Å²) in [5.74, 6) is -0.337. The molecular weight excluding hydrogens is 525 g/mol. The SMILES string of the molecule is CC[C@@H](Nc1c(C#N)cnc2c(Cl)cc(N[C@@H](c3cccc(F)c3)c3cn(C4CC4)nn3)cc12)c1ccccc1. The van der Waals surface area contributed by atoms with Crippen LogP contribution in [0.2, 0.25) is 5.02 Å². The first-order valence-electron chi connectivity index (χ1n) is 13.3. The topological polar surface area (TPSA) is 91.5 Å². The molecule has 7 nitrogen and oxygen atoms in total. The molecule has 1 saturated carbocycles. The zero-order valence-corrected chi connectivity index (χ0v) is 22.6. The van der Waals surface area contributed by atoms with E-state index in [4.69, 9.17) is 11.6 Å². The van der Waals surface area contributed by atoms with E-state index in [1.54, 1.807) is 18.3 Å². The number of pyridine rings is 1. The predicted molar refractivity (Wildman–Crippen MR) is 155 cm³/mol. The van der Waals surface area contributed by atoms with Gasteiger partial charge in [0.15, 0.2) is 0 Å². The second-order valence-electron chi connectivity index (χ2n) is 10.0. The minimum atomic E-state index is -0.479. The molecule has 6 rings (SSSR count). The van der Waals surface area contributed by atoms with E-state index in [1.807, 2.05) is 41.2 Å². The molecule has 40 heavy (non-hydrogen) atoms. The van der Waals surface area contributed by atoms with E-state index < -0.39 is 6.04 Å². The predicted octanol–water partition coefficient (Wildman–Crippen LogP) is 7.59. The van der Waals surface area contributed by atoms with E-state index in [1.165, 1.54) is 12.1 Å². The molecule has 2 aromatic heterocycles. The lowest BCUT2D eigenvalue weighted by Gasteiger charge is -2.22. The van der Waals surface area contributed by atoms with E-state index >= 15 is 0 Å². The van der Waals surface area contributed by atoms with E-state index in [-0.39, 0.29) is 11.9 Å². The van der Waals surface area contributed by atoms with Crippen molar-refractivity contribution in [1.82, 2.24) is 20.0 Å². The number of nitriles is 1. The van der Waals surface area contributed by atoms with Gasteiger partial charge in [-0.3, -0.25) is 4.98 Å². The van der Waals surface area contributed by atoms with Crippen molar-refractivity contribution in [2.45, 2.75) is 44.3 Å². The number of halogens is 2. The Morgan fingerprint density at radius 2 is 1.88 bits per heavy atom. The van der Waals surface area contributed by atoms with Gasteiger partial charge < -0.3 is 10.6 Å². The standard InChI is InChI=1S/C31H27ClFN7/c1-2-27(19-7-4-3-5-8-19)37-29-21(16-34)17-35-31-25(29)14-23(15-26(31)32)36-30(20-9-6-10-22(33)13-20)28-18-40(39-38-28)24-11-12-24/h3-10,13-15,17-18,24,27,30,36H,2,11-12H2,1H3,(H,35,37)/t27-,30+/m1/s1. The number of nitrogens with zero attached hydrogens (tertiary/aromatic N) is 5. The zero-order chi connectivity index (χ0) is 27.6. The number of anilines is 2. The van der Waals surface area contributed by atoms with Crippen LogP contribution in [0.3, 0.4) is 0 Å². The van der Waals surface area contributed by atoms with Crippen molar-refractivity contribution >= 4 is 33.9 Å². The lowest BCUT2D eigenvalue weighted by molar-refractivity contribution is 0.610. The fourth-order valence-corrected chi connectivity index (χ4v) is 5.25. The molecule has 0 bridgehead atoms. The van der Waals surface area contributed by atoms with Crippen LogP contribution in [0.25, 0.3) is 10.9 Å². The monoisotopic (exact) mass is 551 g/mol. The summed E-state index contributed by atoms with van der Waals surface area (Å²) in [7, 11) is 0. The summed E-state index contributed by atoms with van der Waals surface area (Å²) < 4.78 is 16.2. The molecule has 1 fully saturated rings. The number of hydrogen-bond acceptors (Lipinski definition) is 6. The number of aromatic nitrogens is 4. The quantitative estimate of drug-likeness (QED) is 0.196. The van der Waals surface area contributed by atoms with Gasteiger partial charge in [-0.2, -0.15) is 5.26 Å². The fraction of sp³-hybridized carbons (Fsp3) is 0.226.